The topological polar surface area (TPSA) is 13.7 Å². The average Bonchev–Trinajstić information content (AvgIpc) is 2.35. The van der Waals surface area contributed by atoms with Crippen molar-refractivity contribution < 1.29 is 9.64 Å². The van der Waals surface area contributed by atoms with Crippen LogP contribution in [0.3, 0.4) is 0 Å². The molecule has 94 valence electrons. The lowest BCUT2D eigenvalue weighted by Gasteiger charge is -2.23. The van der Waals surface area contributed by atoms with Gasteiger partial charge in [0.2, 0.25) is 0 Å². The Morgan fingerprint density at radius 1 is 1.06 bits per heavy atom. The third-order valence-corrected chi connectivity index (χ3v) is 3.92. The molecule has 0 unspecified atom stereocenters. The maximum atomic E-state index is 5.92. The van der Waals surface area contributed by atoms with Gasteiger partial charge in [-0.2, -0.15) is 0 Å². The van der Waals surface area contributed by atoms with E-state index in [0.29, 0.717) is 10.0 Å². The number of quaternary nitrogens is 1. The summed E-state index contributed by atoms with van der Waals surface area (Å²) >= 11 is 11.8. The lowest BCUT2D eigenvalue weighted by Crippen LogP contribution is -3.13. The second kappa shape index (κ2) is 6.48. The first-order chi connectivity index (χ1) is 8.25. The summed E-state index contributed by atoms with van der Waals surface area (Å²) in [5.41, 5.74) is 0. The van der Waals surface area contributed by atoms with Crippen molar-refractivity contribution in [2.24, 2.45) is 0 Å². The maximum Gasteiger partial charge on any atom is 0.137 e. The van der Waals surface area contributed by atoms with E-state index in [1.807, 2.05) is 6.07 Å². The highest BCUT2D eigenvalue weighted by Gasteiger charge is 2.12. The zero-order chi connectivity index (χ0) is 12.1. The van der Waals surface area contributed by atoms with E-state index in [1.54, 1.807) is 17.0 Å². The third-order valence-electron chi connectivity index (χ3n) is 3.18. The standard InChI is InChI=1S/C13H17Cl2NO/c14-12-5-4-11(10-13(12)15)17-9-8-16-6-2-1-3-7-16/h4-5,10H,1-3,6-9H2/p+1. The Hall–Kier alpha value is -0.440. The van der Waals surface area contributed by atoms with Gasteiger partial charge in [-0.3, -0.25) is 0 Å². The normalized spacial score (nSPS) is 17.1. The number of rotatable bonds is 4. The van der Waals surface area contributed by atoms with E-state index in [4.69, 9.17) is 27.9 Å². The lowest BCUT2D eigenvalue weighted by atomic mass is 10.1. The molecule has 0 saturated carbocycles. The number of hydrogen-bond donors (Lipinski definition) is 1. The van der Waals surface area contributed by atoms with Crippen molar-refractivity contribution >= 4 is 23.2 Å². The molecule has 4 heteroatoms. The van der Waals surface area contributed by atoms with E-state index in [9.17, 15) is 0 Å². The van der Waals surface area contributed by atoms with Crippen LogP contribution in [0, 0.1) is 0 Å². The molecule has 1 saturated heterocycles. The van der Waals surface area contributed by atoms with E-state index >= 15 is 0 Å². The summed E-state index contributed by atoms with van der Waals surface area (Å²) in [5, 5.41) is 1.12. The molecule has 1 N–H and O–H groups in total. The summed E-state index contributed by atoms with van der Waals surface area (Å²) in [5.74, 6) is 0.802. The highest BCUT2D eigenvalue weighted by Crippen LogP contribution is 2.26. The minimum Gasteiger partial charge on any atom is -0.488 e. The molecule has 1 aliphatic heterocycles. The van der Waals surface area contributed by atoms with Gasteiger partial charge in [0.1, 0.15) is 18.9 Å². The van der Waals surface area contributed by atoms with Gasteiger partial charge in [0.25, 0.3) is 0 Å². The number of nitrogens with one attached hydrogen (secondary N) is 1. The molecule has 1 heterocycles. The first-order valence-electron chi connectivity index (χ1n) is 6.17. The number of likely N-dealkylation sites (tertiary alicyclic amines) is 1. The quantitative estimate of drug-likeness (QED) is 0.891. The molecule has 0 atom stereocenters. The molecule has 0 radical (unpaired) electrons. The smallest absolute Gasteiger partial charge is 0.137 e. The van der Waals surface area contributed by atoms with E-state index in [1.165, 1.54) is 32.4 Å². The summed E-state index contributed by atoms with van der Waals surface area (Å²) in [7, 11) is 0. The van der Waals surface area contributed by atoms with Crippen LogP contribution >= 0.6 is 23.2 Å². The van der Waals surface area contributed by atoms with Crippen molar-refractivity contribution in [2.75, 3.05) is 26.2 Å². The summed E-state index contributed by atoms with van der Waals surface area (Å²) in [6.07, 6.45) is 4.08. The minimum atomic E-state index is 0.550. The Bertz CT molecular complexity index is 364. The second-order valence-corrected chi connectivity index (χ2v) is 5.30. The second-order valence-electron chi connectivity index (χ2n) is 4.49. The van der Waals surface area contributed by atoms with Gasteiger partial charge in [-0.25, -0.2) is 0 Å². The fraction of sp³-hybridized carbons (Fsp3) is 0.538. The van der Waals surface area contributed by atoms with Crippen LogP contribution in [0.4, 0.5) is 0 Å². The molecule has 2 rings (SSSR count). The van der Waals surface area contributed by atoms with E-state index < -0.39 is 0 Å². The zero-order valence-electron chi connectivity index (χ0n) is 9.85. The molecule has 0 bridgehead atoms. The predicted molar refractivity (Wildman–Crippen MR) is 71.4 cm³/mol. The molecule has 2 nitrogen and oxygen atoms in total. The van der Waals surface area contributed by atoms with Crippen LogP contribution in [-0.4, -0.2) is 26.2 Å². The van der Waals surface area contributed by atoms with Crippen LogP contribution in [0.15, 0.2) is 18.2 Å². The van der Waals surface area contributed by atoms with Gasteiger partial charge in [0, 0.05) is 6.07 Å². The number of benzene rings is 1. The molecule has 1 aromatic rings. The Morgan fingerprint density at radius 3 is 2.53 bits per heavy atom. The van der Waals surface area contributed by atoms with Crippen LogP contribution < -0.4 is 9.64 Å². The number of piperidine rings is 1. The van der Waals surface area contributed by atoms with Gasteiger partial charge >= 0.3 is 0 Å². The number of ether oxygens (including phenoxy) is 1. The average molecular weight is 275 g/mol. The Morgan fingerprint density at radius 2 is 1.82 bits per heavy atom. The molecule has 0 amide bonds. The van der Waals surface area contributed by atoms with Crippen LogP contribution in [-0.2, 0) is 0 Å². The van der Waals surface area contributed by atoms with Gasteiger partial charge in [-0.1, -0.05) is 23.2 Å². The van der Waals surface area contributed by atoms with E-state index in [2.05, 4.69) is 0 Å². The third kappa shape index (κ3) is 4.06. The lowest BCUT2D eigenvalue weighted by molar-refractivity contribution is -0.904. The summed E-state index contributed by atoms with van der Waals surface area (Å²) in [4.78, 5) is 1.65. The SMILES string of the molecule is Clc1ccc(OCC[NH+]2CCCCC2)cc1Cl. The van der Waals surface area contributed by atoms with Crippen molar-refractivity contribution in [3.8, 4) is 5.75 Å². The monoisotopic (exact) mass is 274 g/mol. The summed E-state index contributed by atoms with van der Waals surface area (Å²) in [6, 6.07) is 5.40. The minimum absolute atomic E-state index is 0.550. The van der Waals surface area contributed by atoms with Gasteiger partial charge in [0.05, 0.1) is 23.1 Å². The van der Waals surface area contributed by atoms with Crippen molar-refractivity contribution in [3.05, 3.63) is 28.2 Å². The van der Waals surface area contributed by atoms with Crippen LogP contribution in [0.2, 0.25) is 10.0 Å². The summed E-state index contributed by atoms with van der Waals surface area (Å²) < 4.78 is 5.68. The molecule has 0 aliphatic carbocycles. The predicted octanol–water partition coefficient (Wildman–Crippen LogP) is 2.44. The zero-order valence-corrected chi connectivity index (χ0v) is 11.4. The molecular formula is C13H18Cl2NO+. The summed E-state index contributed by atoms with van der Waals surface area (Å²) in [6.45, 7) is 4.38. The molecule has 1 fully saturated rings. The van der Waals surface area contributed by atoms with Crippen LogP contribution in [0.5, 0.6) is 5.75 Å². The first kappa shape index (κ1) is 13.0. The number of halogens is 2. The van der Waals surface area contributed by atoms with E-state index in [-0.39, 0.29) is 0 Å². The largest absolute Gasteiger partial charge is 0.488 e. The fourth-order valence-corrected chi connectivity index (χ4v) is 2.47. The van der Waals surface area contributed by atoms with Crippen LogP contribution in [0.25, 0.3) is 0 Å². The van der Waals surface area contributed by atoms with Crippen molar-refractivity contribution in [1.29, 1.82) is 0 Å². The molecule has 1 aliphatic rings. The maximum absolute atomic E-state index is 5.92. The highest BCUT2D eigenvalue weighted by molar-refractivity contribution is 6.42. The Labute approximate surface area is 112 Å². The molecule has 17 heavy (non-hydrogen) atoms. The Kier molecular flexibility index (Phi) is 4.96. The fourth-order valence-electron chi connectivity index (χ4n) is 2.18. The molecule has 1 aromatic carbocycles. The van der Waals surface area contributed by atoms with Crippen molar-refractivity contribution in [2.45, 2.75) is 19.3 Å². The molecular weight excluding hydrogens is 257 g/mol. The van der Waals surface area contributed by atoms with Gasteiger partial charge in [0.15, 0.2) is 0 Å². The first-order valence-corrected chi connectivity index (χ1v) is 6.93. The van der Waals surface area contributed by atoms with Gasteiger partial charge < -0.3 is 9.64 Å². The number of hydrogen-bond acceptors (Lipinski definition) is 1. The Balaban J connectivity index is 1.75. The van der Waals surface area contributed by atoms with E-state index in [0.717, 1.165) is 18.9 Å². The molecule has 0 aromatic heterocycles. The van der Waals surface area contributed by atoms with Crippen LogP contribution in [0.1, 0.15) is 19.3 Å². The van der Waals surface area contributed by atoms with Crippen molar-refractivity contribution in [1.82, 2.24) is 0 Å². The highest BCUT2D eigenvalue weighted by atomic mass is 35.5. The van der Waals surface area contributed by atoms with Gasteiger partial charge in [-0.15, -0.1) is 0 Å². The molecule has 0 spiro atoms. The van der Waals surface area contributed by atoms with Gasteiger partial charge in [-0.05, 0) is 31.4 Å². The van der Waals surface area contributed by atoms with Crippen molar-refractivity contribution in [3.63, 3.8) is 0 Å².